The van der Waals surface area contributed by atoms with Crippen LogP contribution in [0.15, 0.2) is 65.0 Å². The molecule has 0 bridgehead atoms. The van der Waals surface area contributed by atoms with Gasteiger partial charge in [0.05, 0.1) is 5.57 Å². The number of benzene rings is 2. The molecule has 0 aromatic heterocycles. The summed E-state index contributed by atoms with van der Waals surface area (Å²) in [5.74, 6) is 1.93. The minimum Gasteiger partial charge on any atom is -0.461 e. The van der Waals surface area contributed by atoms with Gasteiger partial charge in [-0.05, 0) is 54.3 Å². The van der Waals surface area contributed by atoms with Gasteiger partial charge in [-0.1, -0.05) is 42.8 Å². The Labute approximate surface area is 220 Å². The van der Waals surface area contributed by atoms with E-state index in [1.54, 1.807) is 11.8 Å². The first-order valence-corrected chi connectivity index (χ1v) is 13.6. The molecular formula is C28H28ClNO5S. The molecule has 2 aromatic rings. The normalized spacial score (nSPS) is 20.8. The summed E-state index contributed by atoms with van der Waals surface area (Å²) in [4.78, 5) is 27.1. The highest BCUT2D eigenvalue weighted by Crippen LogP contribution is 2.48. The van der Waals surface area contributed by atoms with E-state index in [4.69, 9.17) is 25.8 Å². The number of nitrogens with one attached hydrogen (secondary N) is 1. The number of rotatable bonds is 7. The van der Waals surface area contributed by atoms with Crippen molar-refractivity contribution in [3.05, 3.63) is 81.2 Å². The molecule has 0 spiro atoms. The Morgan fingerprint density at radius 1 is 1.17 bits per heavy atom. The van der Waals surface area contributed by atoms with Crippen LogP contribution in [0.2, 0.25) is 5.02 Å². The summed E-state index contributed by atoms with van der Waals surface area (Å²) in [7, 11) is 0. The standard InChI is InChI=1S/C28H28ClNO5S/c1-3-36-11-10-33-28(32)25-16(2)30-21-12-18(19-6-4-5-7-20(19)29)13-22(31)27(21)26(25)17-8-9-23-24(14-17)35-15-34-23/h4-9,14,18,26,30H,3,10-13,15H2,1-2H3/t18-,26-/m1/s1. The van der Waals surface area contributed by atoms with E-state index in [0.29, 0.717) is 52.8 Å². The summed E-state index contributed by atoms with van der Waals surface area (Å²) in [5.41, 5.74) is 4.34. The molecule has 0 amide bonds. The molecule has 1 aliphatic carbocycles. The van der Waals surface area contributed by atoms with Crippen molar-refractivity contribution in [2.24, 2.45) is 0 Å². The summed E-state index contributed by atoms with van der Waals surface area (Å²) in [6.07, 6.45) is 0.943. The second kappa shape index (κ2) is 10.6. The van der Waals surface area contributed by atoms with Crippen LogP contribution in [0.4, 0.5) is 0 Å². The fraction of sp³-hybridized carbons (Fsp3) is 0.357. The molecule has 5 rings (SSSR count). The van der Waals surface area contributed by atoms with Crippen molar-refractivity contribution in [1.29, 1.82) is 0 Å². The van der Waals surface area contributed by atoms with Crippen LogP contribution < -0.4 is 14.8 Å². The first kappa shape index (κ1) is 24.8. The lowest BCUT2D eigenvalue weighted by atomic mass is 9.71. The van der Waals surface area contributed by atoms with Gasteiger partial charge in [-0.2, -0.15) is 11.8 Å². The topological polar surface area (TPSA) is 73.9 Å². The van der Waals surface area contributed by atoms with Gasteiger partial charge in [-0.25, -0.2) is 4.79 Å². The molecule has 2 aliphatic heterocycles. The maximum absolute atomic E-state index is 13.7. The molecule has 3 aliphatic rings. The third kappa shape index (κ3) is 4.74. The number of dihydropyridines is 1. The number of thioether (sulfide) groups is 1. The van der Waals surface area contributed by atoms with Gasteiger partial charge < -0.3 is 19.5 Å². The van der Waals surface area contributed by atoms with E-state index in [9.17, 15) is 9.59 Å². The van der Waals surface area contributed by atoms with Gasteiger partial charge in [0.15, 0.2) is 17.3 Å². The zero-order valence-electron chi connectivity index (χ0n) is 20.3. The quantitative estimate of drug-likeness (QED) is 0.365. The van der Waals surface area contributed by atoms with E-state index in [1.165, 1.54) is 0 Å². The third-order valence-electron chi connectivity index (χ3n) is 6.79. The summed E-state index contributed by atoms with van der Waals surface area (Å²) < 4.78 is 16.7. The Balaban J connectivity index is 1.54. The summed E-state index contributed by atoms with van der Waals surface area (Å²) in [5, 5.41) is 4.04. The van der Waals surface area contributed by atoms with Crippen LogP contribution >= 0.6 is 23.4 Å². The van der Waals surface area contributed by atoms with Gasteiger partial charge in [0.2, 0.25) is 6.79 Å². The molecular weight excluding hydrogens is 498 g/mol. The van der Waals surface area contributed by atoms with Crippen molar-refractivity contribution >= 4 is 35.1 Å². The van der Waals surface area contributed by atoms with E-state index >= 15 is 0 Å². The van der Waals surface area contributed by atoms with Gasteiger partial charge in [0.25, 0.3) is 0 Å². The second-order valence-electron chi connectivity index (χ2n) is 8.98. The van der Waals surface area contributed by atoms with Crippen LogP contribution in [0.5, 0.6) is 11.5 Å². The number of ether oxygens (including phenoxy) is 3. The Bertz CT molecular complexity index is 1270. The molecule has 0 unspecified atom stereocenters. The number of ketones is 1. The number of esters is 1. The van der Waals surface area contributed by atoms with Crippen molar-refractivity contribution < 1.29 is 23.8 Å². The average molecular weight is 526 g/mol. The van der Waals surface area contributed by atoms with E-state index in [0.717, 1.165) is 28.3 Å². The van der Waals surface area contributed by atoms with Gasteiger partial charge in [-0.3, -0.25) is 4.79 Å². The minimum absolute atomic E-state index is 0.00400. The number of carbonyl (C=O) groups excluding carboxylic acids is 2. The minimum atomic E-state index is -0.554. The molecule has 0 saturated carbocycles. The predicted octanol–water partition coefficient (Wildman–Crippen LogP) is 5.73. The van der Waals surface area contributed by atoms with Crippen molar-refractivity contribution in [2.45, 2.75) is 38.5 Å². The summed E-state index contributed by atoms with van der Waals surface area (Å²) in [6, 6.07) is 13.2. The smallest absolute Gasteiger partial charge is 0.336 e. The Morgan fingerprint density at radius 3 is 2.78 bits per heavy atom. The van der Waals surface area contributed by atoms with E-state index in [1.807, 2.05) is 49.4 Å². The van der Waals surface area contributed by atoms with Crippen LogP contribution in [0, 0.1) is 0 Å². The van der Waals surface area contributed by atoms with Crippen molar-refractivity contribution in [1.82, 2.24) is 5.32 Å². The third-order valence-corrected chi connectivity index (χ3v) is 8.00. The molecule has 1 N–H and O–H groups in total. The zero-order valence-corrected chi connectivity index (χ0v) is 21.8. The largest absolute Gasteiger partial charge is 0.461 e. The summed E-state index contributed by atoms with van der Waals surface area (Å²) >= 11 is 8.19. The van der Waals surface area contributed by atoms with Crippen LogP contribution in [-0.4, -0.2) is 36.7 Å². The van der Waals surface area contributed by atoms with Crippen molar-refractivity contribution in [3.8, 4) is 11.5 Å². The maximum atomic E-state index is 13.7. The van der Waals surface area contributed by atoms with Gasteiger partial charge in [0, 0.05) is 40.1 Å². The number of hydrogen-bond donors (Lipinski definition) is 1. The monoisotopic (exact) mass is 525 g/mol. The highest BCUT2D eigenvalue weighted by atomic mass is 35.5. The molecule has 0 radical (unpaired) electrons. The van der Waals surface area contributed by atoms with Crippen LogP contribution in [0.3, 0.4) is 0 Å². The lowest BCUT2D eigenvalue weighted by Crippen LogP contribution is -2.36. The number of fused-ring (bicyclic) bond motifs is 1. The molecule has 2 aromatic carbocycles. The van der Waals surface area contributed by atoms with Gasteiger partial charge in [0.1, 0.15) is 6.61 Å². The fourth-order valence-corrected chi connectivity index (χ4v) is 5.96. The second-order valence-corrected chi connectivity index (χ2v) is 10.8. The highest BCUT2D eigenvalue weighted by molar-refractivity contribution is 7.99. The van der Waals surface area contributed by atoms with Crippen LogP contribution in [-0.2, 0) is 14.3 Å². The van der Waals surface area contributed by atoms with Crippen molar-refractivity contribution in [3.63, 3.8) is 0 Å². The van der Waals surface area contributed by atoms with Gasteiger partial charge >= 0.3 is 5.97 Å². The molecule has 188 valence electrons. The predicted molar refractivity (Wildman–Crippen MR) is 141 cm³/mol. The first-order chi connectivity index (χ1) is 17.5. The fourth-order valence-electron chi connectivity index (χ4n) is 5.18. The van der Waals surface area contributed by atoms with E-state index in [2.05, 4.69) is 12.2 Å². The number of Topliss-reactive ketones (excluding diaryl/α,β-unsaturated/α-hetero) is 1. The van der Waals surface area contributed by atoms with E-state index < -0.39 is 11.9 Å². The van der Waals surface area contributed by atoms with Crippen LogP contribution in [0.1, 0.15) is 49.7 Å². The number of allylic oxidation sites excluding steroid dienone is 3. The average Bonchev–Trinajstić information content (AvgIpc) is 3.34. The molecule has 0 saturated heterocycles. The molecule has 2 heterocycles. The molecule has 8 heteroatoms. The molecule has 36 heavy (non-hydrogen) atoms. The zero-order chi connectivity index (χ0) is 25.2. The summed E-state index contributed by atoms with van der Waals surface area (Å²) in [6.45, 7) is 4.40. The first-order valence-electron chi connectivity index (χ1n) is 12.1. The Hall–Kier alpha value is -2.90. The Kier molecular flexibility index (Phi) is 7.30. The lowest BCUT2D eigenvalue weighted by molar-refractivity contribution is -0.138. The SMILES string of the molecule is CCSCCOC(=O)C1=C(C)NC2=C(C(=O)C[C@H](c3ccccc3Cl)C2)[C@@H]1c1ccc2c(c1)OCO2. The molecule has 6 nitrogen and oxygen atoms in total. The molecule has 0 fully saturated rings. The number of halogens is 1. The maximum Gasteiger partial charge on any atom is 0.336 e. The lowest BCUT2D eigenvalue weighted by Gasteiger charge is -2.37. The molecule has 2 atom stereocenters. The number of carbonyl (C=O) groups is 2. The number of hydrogen-bond acceptors (Lipinski definition) is 7. The highest BCUT2D eigenvalue weighted by Gasteiger charge is 2.42. The van der Waals surface area contributed by atoms with E-state index in [-0.39, 0.29) is 18.5 Å². The van der Waals surface area contributed by atoms with Gasteiger partial charge in [-0.15, -0.1) is 0 Å². The van der Waals surface area contributed by atoms with Crippen LogP contribution in [0.25, 0.3) is 0 Å². The Morgan fingerprint density at radius 2 is 1.97 bits per heavy atom. The van der Waals surface area contributed by atoms with Crippen molar-refractivity contribution in [2.75, 3.05) is 24.9 Å².